The van der Waals surface area contributed by atoms with Crippen molar-refractivity contribution < 1.29 is 4.74 Å². The highest BCUT2D eigenvalue weighted by atomic mass is 35.5. The van der Waals surface area contributed by atoms with Crippen molar-refractivity contribution in [3.05, 3.63) is 21.6 Å². The van der Waals surface area contributed by atoms with Crippen molar-refractivity contribution in [2.75, 3.05) is 12.4 Å². The van der Waals surface area contributed by atoms with E-state index in [4.69, 9.17) is 16.3 Å². The maximum absolute atomic E-state index is 12.5. The summed E-state index contributed by atoms with van der Waals surface area (Å²) in [6.45, 7) is 4.97. The molecule has 0 amide bonds. The van der Waals surface area contributed by atoms with Gasteiger partial charge in [-0.2, -0.15) is 5.10 Å². The van der Waals surface area contributed by atoms with Gasteiger partial charge < -0.3 is 10.1 Å². The van der Waals surface area contributed by atoms with Crippen LogP contribution in [0.2, 0.25) is 5.02 Å². The second-order valence-electron chi connectivity index (χ2n) is 6.78. The molecule has 2 fully saturated rings. The van der Waals surface area contributed by atoms with Gasteiger partial charge in [-0.1, -0.05) is 25.4 Å². The number of methoxy groups -OCH3 is 1. The normalized spacial score (nSPS) is 27.2. The summed E-state index contributed by atoms with van der Waals surface area (Å²) in [6.07, 6.45) is 5.02. The molecule has 5 nitrogen and oxygen atoms in total. The molecule has 0 bridgehead atoms. The van der Waals surface area contributed by atoms with Crippen LogP contribution in [0, 0.1) is 11.3 Å². The van der Waals surface area contributed by atoms with E-state index in [1.807, 2.05) is 0 Å². The summed E-state index contributed by atoms with van der Waals surface area (Å²) >= 11 is 6.17. The molecule has 21 heavy (non-hydrogen) atoms. The van der Waals surface area contributed by atoms with Crippen LogP contribution in [0.1, 0.15) is 33.1 Å². The lowest BCUT2D eigenvalue weighted by Crippen LogP contribution is -2.58. The van der Waals surface area contributed by atoms with Crippen molar-refractivity contribution in [1.29, 1.82) is 0 Å². The zero-order valence-electron chi connectivity index (χ0n) is 12.7. The van der Waals surface area contributed by atoms with E-state index >= 15 is 0 Å². The summed E-state index contributed by atoms with van der Waals surface area (Å²) in [5.41, 5.74) is 0.334. The molecule has 2 saturated carbocycles. The van der Waals surface area contributed by atoms with Gasteiger partial charge in [0.1, 0.15) is 5.69 Å². The van der Waals surface area contributed by atoms with E-state index < -0.39 is 0 Å². The van der Waals surface area contributed by atoms with Crippen molar-refractivity contribution in [1.82, 2.24) is 9.78 Å². The van der Waals surface area contributed by atoms with Gasteiger partial charge in [-0.05, 0) is 25.2 Å². The highest BCUT2D eigenvalue weighted by Gasteiger charge is 2.49. The fourth-order valence-corrected chi connectivity index (χ4v) is 3.16. The van der Waals surface area contributed by atoms with Gasteiger partial charge in [0.25, 0.3) is 5.56 Å². The highest BCUT2D eigenvalue weighted by molar-refractivity contribution is 6.33. The molecule has 0 saturated heterocycles. The summed E-state index contributed by atoms with van der Waals surface area (Å²) in [7, 11) is 1.73. The van der Waals surface area contributed by atoms with Crippen LogP contribution in [0.3, 0.4) is 0 Å². The molecular weight excluding hydrogens is 290 g/mol. The minimum Gasteiger partial charge on any atom is -0.381 e. The fraction of sp³-hybridized carbons (Fsp3) is 0.733. The van der Waals surface area contributed by atoms with Gasteiger partial charge in [-0.25, -0.2) is 4.68 Å². The molecule has 2 aliphatic rings. The number of ether oxygens (including phenoxy) is 1. The van der Waals surface area contributed by atoms with Crippen LogP contribution in [-0.4, -0.2) is 29.0 Å². The minimum atomic E-state index is -0.119. The second-order valence-corrected chi connectivity index (χ2v) is 7.18. The number of nitrogens with one attached hydrogen (secondary N) is 1. The first-order valence-electron chi connectivity index (χ1n) is 7.48. The number of rotatable bonds is 5. The van der Waals surface area contributed by atoms with Crippen LogP contribution in [0.5, 0.6) is 0 Å². The number of hydrogen-bond donors (Lipinski definition) is 1. The van der Waals surface area contributed by atoms with Crippen LogP contribution >= 0.6 is 11.6 Å². The Kier molecular flexibility index (Phi) is 3.74. The van der Waals surface area contributed by atoms with Crippen LogP contribution in [-0.2, 0) is 11.3 Å². The second kappa shape index (κ2) is 5.29. The Balaban J connectivity index is 1.80. The highest BCUT2D eigenvalue weighted by Crippen LogP contribution is 2.44. The largest absolute Gasteiger partial charge is 0.381 e. The lowest BCUT2D eigenvalue weighted by Gasteiger charge is -2.51. The first kappa shape index (κ1) is 14.9. The van der Waals surface area contributed by atoms with Gasteiger partial charge >= 0.3 is 0 Å². The minimum absolute atomic E-state index is 0.0187. The number of aromatic nitrogens is 2. The molecule has 6 heteroatoms. The molecule has 0 spiro atoms. The SMILES string of the molecule is COC1CC(Nc2c(Cl)cnn(CC3CC3)c2=O)C1(C)C. The predicted octanol–water partition coefficient (Wildman–Crippen LogP) is 2.53. The molecule has 0 radical (unpaired) electrons. The number of hydrogen-bond acceptors (Lipinski definition) is 4. The number of halogens is 1. The van der Waals surface area contributed by atoms with Crippen LogP contribution in [0.25, 0.3) is 0 Å². The van der Waals surface area contributed by atoms with Crippen LogP contribution < -0.4 is 10.9 Å². The molecule has 0 aliphatic heterocycles. The predicted molar refractivity (Wildman–Crippen MR) is 82.8 cm³/mol. The third-order valence-electron chi connectivity index (χ3n) is 4.91. The van der Waals surface area contributed by atoms with Gasteiger partial charge in [0.05, 0.1) is 17.3 Å². The van der Waals surface area contributed by atoms with E-state index in [0.29, 0.717) is 23.2 Å². The molecule has 2 unspecified atom stereocenters. The Bertz CT molecular complexity index is 595. The molecule has 1 heterocycles. The van der Waals surface area contributed by atoms with E-state index in [2.05, 4.69) is 24.3 Å². The lowest BCUT2D eigenvalue weighted by molar-refractivity contribution is -0.0795. The number of nitrogens with zero attached hydrogens (tertiary/aromatic N) is 2. The monoisotopic (exact) mass is 311 g/mol. The topological polar surface area (TPSA) is 56.1 Å². The third kappa shape index (κ3) is 2.69. The first-order chi connectivity index (χ1) is 9.93. The Labute approximate surface area is 129 Å². The lowest BCUT2D eigenvalue weighted by atomic mass is 9.64. The first-order valence-corrected chi connectivity index (χ1v) is 7.86. The molecule has 1 aromatic heterocycles. The van der Waals surface area contributed by atoms with Gasteiger partial charge in [-0.3, -0.25) is 4.79 Å². The maximum Gasteiger partial charge on any atom is 0.291 e. The number of anilines is 1. The molecule has 1 N–H and O–H groups in total. The maximum atomic E-state index is 12.5. The van der Waals surface area contributed by atoms with Crippen molar-refractivity contribution in [3.63, 3.8) is 0 Å². The van der Waals surface area contributed by atoms with Crippen molar-refractivity contribution >= 4 is 17.3 Å². The summed E-state index contributed by atoms with van der Waals surface area (Å²) in [5.74, 6) is 0.599. The summed E-state index contributed by atoms with van der Waals surface area (Å²) < 4.78 is 6.98. The standard InChI is InChI=1S/C15H22ClN3O2/c1-15(2)11(6-12(15)21-3)18-13-10(16)7-17-19(14(13)20)8-9-4-5-9/h7,9,11-12,18H,4-6,8H2,1-3H3. The molecule has 2 atom stereocenters. The molecule has 1 aromatic rings. The summed E-state index contributed by atoms with van der Waals surface area (Å²) in [4.78, 5) is 12.5. The van der Waals surface area contributed by atoms with E-state index in [-0.39, 0.29) is 23.1 Å². The summed E-state index contributed by atoms with van der Waals surface area (Å²) in [6, 6.07) is 0.185. The summed E-state index contributed by atoms with van der Waals surface area (Å²) in [5, 5.41) is 7.86. The Morgan fingerprint density at radius 3 is 2.81 bits per heavy atom. The zero-order valence-corrected chi connectivity index (χ0v) is 13.5. The van der Waals surface area contributed by atoms with Crippen molar-refractivity contribution in [3.8, 4) is 0 Å². The smallest absolute Gasteiger partial charge is 0.291 e. The van der Waals surface area contributed by atoms with E-state index in [9.17, 15) is 4.79 Å². The van der Waals surface area contributed by atoms with Gasteiger partial charge in [0.15, 0.2) is 0 Å². The average molecular weight is 312 g/mol. The Morgan fingerprint density at radius 1 is 1.52 bits per heavy atom. The van der Waals surface area contributed by atoms with E-state index in [0.717, 1.165) is 6.42 Å². The molecular formula is C15H22ClN3O2. The quantitative estimate of drug-likeness (QED) is 0.908. The van der Waals surface area contributed by atoms with Gasteiger partial charge in [-0.15, -0.1) is 0 Å². The van der Waals surface area contributed by atoms with Crippen LogP contribution in [0.15, 0.2) is 11.0 Å². The van der Waals surface area contributed by atoms with Crippen molar-refractivity contribution in [2.45, 2.75) is 51.8 Å². The third-order valence-corrected chi connectivity index (χ3v) is 5.19. The van der Waals surface area contributed by atoms with Gasteiger partial charge in [0.2, 0.25) is 0 Å². The average Bonchev–Trinajstić information content (AvgIpc) is 3.24. The Hall–Kier alpha value is -1.07. The van der Waals surface area contributed by atoms with Crippen molar-refractivity contribution in [2.24, 2.45) is 11.3 Å². The molecule has 0 aromatic carbocycles. The zero-order chi connectivity index (χ0) is 15.2. The Morgan fingerprint density at radius 2 is 2.24 bits per heavy atom. The van der Waals surface area contributed by atoms with Crippen LogP contribution in [0.4, 0.5) is 5.69 Å². The van der Waals surface area contributed by atoms with Gasteiger partial charge in [0, 0.05) is 25.1 Å². The fourth-order valence-electron chi connectivity index (χ4n) is 2.98. The molecule has 2 aliphatic carbocycles. The van der Waals surface area contributed by atoms with E-state index in [1.54, 1.807) is 13.3 Å². The van der Waals surface area contributed by atoms with E-state index in [1.165, 1.54) is 17.5 Å². The molecule has 116 valence electrons. The molecule has 3 rings (SSSR count).